The molecule has 0 bridgehead atoms. The second kappa shape index (κ2) is 8.68. The number of nitrogens with one attached hydrogen (secondary N) is 2. The first-order valence-corrected chi connectivity index (χ1v) is 7.65. The van der Waals surface area contributed by atoms with E-state index in [9.17, 15) is 9.59 Å². The molecule has 0 saturated carbocycles. The van der Waals surface area contributed by atoms with Gasteiger partial charge < -0.3 is 10.6 Å². The van der Waals surface area contributed by atoms with Gasteiger partial charge in [0.1, 0.15) is 0 Å². The number of benzene rings is 1. The Morgan fingerprint density at radius 1 is 1.09 bits per heavy atom. The molecule has 120 valence electrons. The number of amides is 2. The minimum Gasteiger partial charge on any atom is -0.355 e. The Hall–Kier alpha value is -2.69. The van der Waals surface area contributed by atoms with Crippen molar-refractivity contribution in [2.24, 2.45) is 0 Å². The summed E-state index contributed by atoms with van der Waals surface area (Å²) in [4.78, 5) is 27.7. The van der Waals surface area contributed by atoms with Crippen LogP contribution in [0, 0.1) is 0 Å². The average Bonchev–Trinajstić information content (AvgIpc) is 2.56. The largest absolute Gasteiger partial charge is 0.355 e. The van der Waals surface area contributed by atoms with Crippen LogP contribution in [0.25, 0.3) is 0 Å². The molecule has 5 heteroatoms. The van der Waals surface area contributed by atoms with Crippen molar-refractivity contribution >= 4 is 11.8 Å². The van der Waals surface area contributed by atoms with Crippen LogP contribution in [0.5, 0.6) is 0 Å². The Balaban J connectivity index is 1.67. The van der Waals surface area contributed by atoms with E-state index >= 15 is 0 Å². The minimum atomic E-state index is -0.101. The van der Waals surface area contributed by atoms with Crippen LogP contribution < -0.4 is 10.6 Å². The first kappa shape index (κ1) is 16.7. The van der Waals surface area contributed by atoms with Gasteiger partial charge in [0.25, 0.3) is 0 Å². The average molecular weight is 311 g/mol. The monoisotopic (exact) mass is 311 g/mol. The van der Waals surface area contributed by atoms with Gasteiger partial charge in [0, 0.05) is 25.4 Å². The Bertz CT molecular complexity index is 629. The molecule has 5 nitrogen and oxygen atoms in total. The van der Waals surface area contributed by atoms with Crippen molar-refractivity contribution < 1.29 is 9.59 Å². The van der Waals surface area contributed by atoms with E-state index in [2.05, 4.69) is 15.6 Å². The van der Waals surface area contributed by atoms with Gasteiger partial charge in [0.15, 0.2) is 0 Å². The Kier molecular flexibility index (Phi) is 6.29. The van der Waals surface area contributed by atoms with Crippen LogP contribution in [-0.4, -0.2) is 23.3 Å². The molecule has 0 radical (unpaired) electrons. The summed E-state index contributed by atoms with van der Waals surface area (Å²) in [5, 5.41) is 5.65. The predicted molar refractivity (Wildman–Crippen MR) is 88.6 cm³/mol. The number of carbonyl (C=O) groups is 2. The van der Waals surface area contributed by atoms with Crippen molar-refractivity contribution in [1.82, 2.24) is 15.6 Å². The number of hydrogen-bond acceptors (Lipinski definition) is 3. The van der Waals surface area contributed by atoms with E-state index < -0.39 is 0 Å². The van der Waals surface area contributed by atoms with E-state index in [1.54, 1.807) is 12.4 Å². The van der Waals surface area contributed by atoms with Crippen LogP contribution >= 0.6 is 0 Å². The molecule has 0 saturated heterocycles. The molecular weight excluding hydrogens is 290 g/mol. The third kappa shape index (κ3) is 5.90. The fraction of sp³-hybridized carbons (Fsp3) is 0.278. The smallest absolute Gasteiger partial charge is 0.224 e. The number of carbonyl (C=O) groups excluding carboxylic acids is 2. The normalized spacial score (nSPS) is 11.5. The number of nitrogens with zero attached hydrogens (tertiary/aromatic N) is 1. The third-order valence-corrected chi connectivity index (χ3v) is 3.44. The Morgan fingerprint density at radius 3 is 2.57 bits per heavy atom. The van der Waals surface area contributed by atoms with Crippen LogP contribution in [0.3, 0.4) is 0 Å². The number of hydrogen-bond donors (Lipinski definition) is 2. The van der Waals surface area contributed by atoms with Crippen molar-refractivity contribution in [3.05, 3.63) is 66.0 Å². The molecule has 1 unspecified atom stereocenters. The van der Waals surface area contributed by atoms with Crippen molar-refractivity contribution in [2.45, 2.75) is 25.8 Å². The zero-order chi connectivity index (χ0) is 16.5. The molecule has 2 N–H and O–H groups in total. The van der Waals surface area contributed by atoms with E-state index in [1.807, 2.05) is 49.4 Å². The van der Waals surface area contributed by atoms with Crippen LogP contribution in [0.1, 0.15) is 30.5 Å². The van der Waals surface area contributed by atoms with Crippen molar-refractivity contribution in [2.75, 3.05) is 6.54 Å². The quantitative estimate of drug-likeness (QED) is 0.821. The fourth-order valence-corrected chi connectivity index (χ4v) is 2.19. The summed E-state index contributed by atoms with van der Waals surface area (Å²) in [7, 11) is 0. The van der Waals surface area contributed by atoms with E-state index in [0.717, 1.165) is 11.1 Å². The van der Waals surface area contributed by atoms with Crippen molar-refractivity contribution in [3.8, 4) is 0 Å². The number of aromatic nitrogens is 1. The highest BCUT2D eigenvalue weighted by atomic mass is 16.2. The molecule has 2 rings (SSSR count). The first-order valence-electron chi connectivity index (χ1n) is 7.65. The second-order valence-corrected chi connectivity index (χ2v) is 5.34. The highest BCUT2D eigenvalue weighted by molar-refractivity contribution is 5.80. The summed E-state index contributed by atoms with van der Waals surface area (Å²) in [5.41, 5.74) is 1.91. The molecule has 1 aromatic carbocycles. The van der Waals surface area contributed by atoms with Crippen LogP contribution in [0.2, 0.25) is 0 Å². The highest BCUT2D eigenvalue weighted by Gasteiger charge is 2.10. The van der Waals surface area contributed by atoms with E-state index in [1.165, 1.54) is 0 Å². The van der Waals surface area contributed by atoms with Gasteiger partial charge in [-0.05, 0) is 24.1 Å². The molecule has 0 aliphatic heterocycles. The molecule has 1 heterocycles. The standard InChI is InChI=1S/C18H21N3O2/c1-14(16-8-5-10-19-13-16)21-17(22)9-11-20-18(23)12-15-6-3-2-4-7-15/h2-8,10,13-14H,9,11-12H2,1H3,(H,20,23)(H,21,22). The Morgan fingerprint density at radius 2 is 1.87 bits per heavy atom. The van der Waals surface area contributed by atoms with Crippen LogP contribution in [0.4, 0.5) is 0 Å². The van der Waals surface area contributed by atoms with Crippen molar-refractivity contribution in [1.29, 1.82) is 0 Å². The summed E-state index contributed by atoms with van der Waals surface area (Å²) in [6.07, 6.45) is 4.01. The van der Waals surface area contributed by atoms with Crippen LogP contribution in [-0.2, 0) is 16.0 Å². The van der Waals surface area contributed by atoms with Gasteiger partial charge in [0.05, 0.1) is 12.5 Å². The number of pyridine rings is 1. The summed E-state index contributed by atoms with van der Waals surface area (Å²) >= 11 is 0. The topological polar surface area (TPSA) is 71.1 Å². The fourth-order valence-electron chi connectivity index (χ4n) is 2.19. The van der Waals surface area contributed by atoms with Gasteiger partial charge >= 0.3 is 0 Å². The maximum atomic E-state index is 11.9. The van der Waals surface area contributed by atoms with Gasteiger partial charge in [-0.25, -0.2) is 0 Å². The summed E-state index contributed by atoms with van der Waals surface area (Å²) < 4.78 is 0. The maximum absolute atomic E-state index is 11.9. The molecule has 2 amide bonds. The molecule has 1 atom stereocenters. The molecule has 2 aromatic rings. The zero-order valence-corrected chi connectivity index (χ0v) is 13.2. The zero-order valence-electron chi connectivity index (χ0n) is 13.2. The molecular formula is C18H21N3O2. The van der Waals surface area contributed by atoms with Gasteiger partial charge in [-0.15, -0.1) is 0 Å². The lowest BCUT2D eigenvalue weighted by molar-refractivity contribution is -0.122. The lowest BCUT2D eigenvalue weighted by atomic mass is 10.1. The first-order chi connectivity index (χ1) is 11.1. The van der Waals surface area contributed by atoms with Gasteiger partial charge in [-0.2, -0.15) is 0 Å². The molecule has 0 aliphatic rings. The van der Waals surface area contributed by atoms with Gasteiger partial charge in [-0.3, -0.25) is 14.6 Å². The summed E-state index contributed by atoms with van der Waals surface area (Å²) in [5.74, 6) is -0.175. The maximum Gasteiger partial charge on any atom is 0.224 e. The number of rotatable bonds is 7. The predicted octanol–water partition coefficient (Wildman–Crippen LogP) is 2.01. The van der Waals surface area contributed by atoms with E-state index in [-0.39, 0.29) is 24.3 Å². The molecule has 0 fully saturated rings. The highest BCUT2D eigenvalue weighted by Crippen LogP contribution is 2.09. The summed E-state index contributed by atoms with van der Waals surface area (Å²) in [6.45, 7) is 2.24. The van der Waals surface area contributed by atoms with Gasteiger partial charge in [0.2, 0.25) is 11.8 Å². The molecule has 0 spiro atoms. The molecule has 1 aromatic heterocycles. The lowest BCUT2D eigenvalue weighted by Crippen LogP contribution is -2.32. The SMILES string of the molecule is CC(NC(=O)CCNC(=O)Cc1ccccc1)c1cccnc1. The van der Waals surface area contributed by atoms with Crippen LogP contribution in [0.15, 0.2) is 54.9 Å². The lowest BCUT2D eigenvalue weighted by Gasteiger charge is -2.14. The molecule has 23 heavy (non-hydrogen) atoms. The van der Waals surface area contributed by atoms with Gasteiger partial charge in [-0.1, -0.05) is 36.4 Å². The minimum absolute atomic E-state index is 0.0793. The van der Waals surface area contributed by atoms with E-state index in [4.69, 9.17) is 0 Å². The van der Waals surface area contributed by atoms with Crippen molar-refractivity contribution in [3.63, 3.8) is 0 Å². The molecule has 0 aliphatic carbocycles. The summed E-state index contributed by atoms with van der Waals surface area (Å²) in [6, 6.07) is 13.2. The Labute approximate surface area is 136 Å². The second-order valence-electron chi connectivity index (χ2n) is 5.34. The van der Waals surface area contributed by atoms with E-state index in [0.29, 0.717) is 13.0 Å². The third-order valence-electron chi connectivity index (χ3n) is 3.44.